The third-order valence-corrected chi connectivity index (χ3v) is 2.23. The van der Waals surface area contributed by atoms with Gasteiger partial charge in [0.25, 0.3) is 0 Å². The summed E-state index contributed by atoms with van der Waals surface area (Å²) in [5.74, 6) is -0.0952. The fraction of sp³-hybridized carbons (Fsp3) is 1.00. The lowest BCUT2D eigenvalue weighted by atomic mass is 9.90. The Hall–Kier alpha value is -0.120. The Morgan fingerprint density at radius 1 is 1.25 bits per heavy atom. The molecule has 0 aliphatic carbocycles. The van der Waals surface area contributed by atoms with E-state index >= 15 is 0 Å². The van der Waals surface area contributed by atoms with Crippen molar-refractivity contribution >= 4 is 0 Å². The van der Waals surface area contributed by atoms with Crippen LogP contribution in [-0.2, 0) is 0 Å². The summed E-state index contributed by atoms with van der Waals surface area (Å²) >= 11 is 0. The van der Waals surface area contributed by atoms with Crippen LogP contribution in [0.2, 0.25) is 0 Å². The van der Waals surface area contributed by atoms with Gasteiger partial charge in [-0.3, -0.25) is 0 Å². The molecule has 0 bridgehead atoms. The molecule has 12 heavy (non-hydrogen) atoms. The van der Waals surface area contributed by atoms with Gasteiger partial charge in [0.1, 0.15) is 0 Å². The predicted octanol–water partition coefficient (Wildman–Crippen LogP) is 0.527. The molecule has 0 amide bonds. The van der Waals surface area contributed by atoms with Gasteiger partial charge in [-0.15, -0.1) is 0 Å². The summed E-state index contributed by atoms with van der Waals surface area (Å²) in [5, 5.41) is 27.4. The van der Waals surface area contributed by atoms with E-state index in [1.807, 2.05) is 6.92 Å². The van der Waals surface area contributed by atoms with Crippen molar-refractivity contribution in [1.82, 2.24) is 0 Å². The van der Waals surface area contributed by atoms with Crippen LogP contribution < -0.4 is 0 Å². The Balaban J connectivity index is 3.85. The second-order valence-electron chi connectivity index (χ2n) is 3.25. The molecule has 0 aromatic rings. The van der Waals surface area contributed by atoms with Crippen LogP contribution in [0.3, 0.4) is 0 Å². The van der Waals surface area contributed by atoms with Gasteiger partial charge in [-0.05, 0) is 26.2 Å². The number of aliphatic hydroxyl groups is 3. The van der Waals surface area contributed by atoms with E-state index in [0.717, 1.165) is 0 Å². The molecule has 0 aliphatic rings. The van der Waals surface area contributed by atoms with Crippen LogP contribution in [-0.4, -0.2) is 34.1 Å². The van der Waals surface area contributed by atoms with Crippen molar-refractivity contribution in [3.05, 3.63) is 0 Å². The summed E-state index contributed by atoms with van der Waals surface area (Å²) in [7, 11) is 0. The summed E-state index contributed by atoms with van der Waals surface area (Å²) in [4.78, 5) is 0. The van der Waals surface area contributed by atoms with Crippen LogP contribution in [0.5, 0.6) is 0 Å². The molecule has 3 N–H and O–H groups in total. The van der Waals surface area contributed by atoms with Crippen molar-refractivity contribution in [3.63, 3.8) is 0 Å². The molecule has 0 rings (SSSR count). The molecule has 3 heteroatoms. The number of aliphatic hydroxyl groups excluding tert-OH is 3. The molecule has 0 saturated carbocycles. The van der Waals surface area contributed by atoms with Gasteiger partial charge in [-0.2, -0.15) is 0 Å². The normalized spacial score (nSPS) is 18.8. The molecule has 0 aromatic carbocycles. The van der Waals surface area contributed by atoms with Crippen molar-refractivity contribution in [2.24, 2.45) is 5.92 Å². The van der Waals surface area contributed by atoms with Gasteiger partial charge in [-0.1, -0.05) is 6.92 Å². The number of hydrogen-bond donors (Lipinski definition) is 3. The molecule has 0 fully saturated rings. The van der Waals surface area contributed by atoms with Crippen LogP contribution in [0.15, 0.2) is 0 Å². The summed E-state index contributed by atoms with van der Waals surface area (Å²) in [5.41, 5.74) is 0. The zero-order chi connectivity index (χ0) is 9.56. The lowest BCUT2D eigenvalue weighted by Crippen LogP contribution is -2.29. The zero-order valence-electron chi connectivity index (χ0n) is 7.90. The first-order chi connectivity index (χ1) is 5.63. The van der Waals surface area contributed by atoms with Gasteiger partial charge in [0.05, 0.1) is 12.2 Å². The Morgan fingerprint density at radius 2 is 1.83 bits per heavy atom. The minimum absolute atomic E-state index is 0.0952. The van der Waals surface area contributed by atoms with Crippen LogP contribution >= 0.6 is 0 Å². The molecule has 74 valence electrons. The fourth-order valence-corrected chi connectivity index (χ4v) is 1.38. The Labute approximate surface area is 74.0 Å². The van der Waals surface area contributed by atoms with E-state index in [0.29, 0.717) is 19.3 Å². The van der Waals surface area contributed by atoms with Crippen molar-refractivity contribution in [2.45, 2.75) is 45.3 Å². The van der Waals surface area contributed by atoms with Crippen LogP contribution in [0.4, 0.5) is 0 Å². The minimum atomic E-state index is -0.494. The summed E-state index contributed by atoms with van der Waals surface area (Å²) in [6, 6.07) is 0. The Morgan fingerprint density at radius 3 is 2.17 bits per heavy atom. The highest BCUT2D eigenvalue weighted by atomic mass is 16.3. The van der Waals surface area contributed by atoms with Crippen molar-refractivity contribution in [1.29, 1.82) is 0 Å². The summed E-state index contributed by atoms with van der Waals surface area (Å²) in [6.45, 7) is 3.69. The lowest BCUT2D eigenvalue weighted by Gasteiger charge is -2.24. The topological polar surface area (TPSA) is 60.7 Å². The molecule has 3 nitrogen and oxygen atoms in total. The van der Waals surface area contributed by atoms with E-state index < -0.39 is 12.2 Å². The van der Waals surface area contributed by atoms with E-state index in [9.17, 15) is 10.2 Å². The first-order valence-electron chi connectivity index (χ1n) is 4.60. The van der Waals surface area contributed by atoms with E-state index in [1.54, 1.807) is 6.92 Å². The van der Waals surface area contributed by atoms with Crippen molar-refractivity contribution < 1.29 is 15.3 Å². The molecule has 0 heterocycles. The highest BCUT2D eigenvalue weighted by Crippen LogP contribution is 2.18. The van der Waals surface area contributed by atoms with E-state index in [2.05, 4.69) is 0 Å². The lowest BCUT2D eigenvalue weighted by molar-refractivity contribution is 0.0125. The van der Waals surface area contributed by atoms with Crippen LogP contribution in [0.1, 0.15) is 33.1 Å². The van der Waals surface area contributed by atoms with Crippen LogP contribution in [0, 0.1) is 5.92 Å². The highest BCUT2D eigenvalue weighted by molar-refractivity contribution is 4.72. The van der Waals surface area contributed by atoms with Gasteiger partial charge in [0.15, 0.2) is 0 Å². The molecule has 3 atom stereocenters. The third kappa shape index (κ3) is 4.04. The molecule has 0 aromatic heterocycles. The van der Waals surface area contributed by atoms with Crippen molar-refractivity contribution in [3.8, 4) is 0 Å². The van der Waals surface area contributed by atoms with Crippen LogP contribution in [0.25, 0.3) is 0 Å². The van der Waals surface area contributed by atoms with E-state index in [4.69, 9.17) is 5.11 Å². The Kier molecular flexibility index (Phi) is 6.34. The smallest absolute Gasteiger partial charge is 0.0590 e. The maximum absolute atomic E-state index is 9.47. The molecule has 0 saturated heterocycles. The first-order valence-corrected chi connectivity index (χ1v) is 4.60. The van der Waals surface area contributed by atoms with Gasteiger partial charge in [-0.25, -0.2) is 0 Å². The first kappa shape index (κ1) is 11.9. The molecule has 3 unspecified atom stereocenters. The van der Waals surface area contributed by atoms with E-state index in [1.165, 1.54) is 0 Å². The molecule has 0 spiro atoms. The predicted molar refractivity (Wildman–Crippen MR) is 47.8 cm³/mol. The number of hydrogen-bond acceptors (Lipinski definition) is 3. The largest absolute Gasteiger partial charge is 0.396 e. The summed E-state index contributed by atoms with van der Waals surface area (Å²) < 4.78 is 0. The van der Waals surface area contributed by atoms with Gasteiger partial charge >= 0.3 is 0 Å². The quantitative estimate of drug-likeness (QED) is 0.553. The third-order valence-electron chi connectivity index (χ3n) is 2.23. The van der Waals surface area contributed by atoms with Crippen molar-refractivity contribution in [2.75, 3.05) is 6.61 Å². The van der Waals surface area contributed by atoms with Gasteiger partial charge < -0.3 is 15.3 Å². The second kappa shape index (κ2) is 6.40. The van der Waals surface area contributed by atoms with E-state index in [-0.39, 0.29) is 12.5 Å². The molecular weight excluding hydrogens is 156 g/mol. The maximum atomic E-state index is 9.47. The maximum Gasteiger partial charge on any atom is 0.0590 e. The summed E-state index contributed by atoms with van der Waals surface area (Å²) in [6.07, 6.45) is 1.04. The fourth-order valence-electron chi connectivity index (χ4n) is 1.38. The molecular formula is C9H20O3. The minimum Gasteiger partial charge on any atom is -0.396 e. The number of rotatable bonds is 6. The monoisotopic (exact) mass is 176 g/mol. The molecule has 0 radical (unpaired) electrons. The standard InChI is InChI=1S/C9H20O3/c1-3-9(12)8(7(2)11)5-4-6-10/h7-12H,3-6H2,1-2H3. The van der Waals surface area contributed by atoms with Gasteiger partial charge in [0.2, 0.25) is 0 Å². The second-order valence-corrected chi connectivity index (χ2v) is 3.25. The highest BCUT2D eigenvalue weighted by Gasteiger charge is 2.21. The average Bonchev–Trinajstić information content (AvgIpc) is 2.04. The molecule has 0 aliphatic heterocycles. The van der Waals surface area contributed by atoms with Gasteiger partial charge in [0, 0.05) is 12.5 Å². The Bertz CT molecular complexity index is 104. The average molecular weight is 176 g/mol. The zero-order valence-corrected chi connectivity index (χ0v) is 7.90. The SMILES string of the molecule is CCC(O)C(CCCO)C(C)O.